The standard InChI is InChI=1S/C12H8N2.2C9H10O2.Co/c1-3-9-5-6-10-4-2-8-14-12(10)11(9)13-7-1;2*1-6-3-4-9(11)8(5-6)7(2)10;/h1-8H;2*3-5,11H,1-2H3;/q;;;+2/p-2. The van der Waals surface area contributed by atoms with E-state index in [9.17, 15) is 19.8 Å². The molecule has 0 spiro atoms. The molecule has 7 heteroatoms. The zero-order valence-electron chi connectivity index (χ0n) is 20.9. The molecule has 0 saturated heterocycles. The smallest absolute Gasteiger partial charge is 0.872 e. The van der Waals surface area contributed by atoms with Crippen molar-refractivity contribution in [3.05, 3.63) is 107 Å². The second-order valence-corrected chi connectivity index (χ2v) is 8.33. The first kappa shape index (κ1) is 29.2. The number of carbonyl (C=O) groups excluding carboxylic acids is 2. The average Bonchev–Trinajstić information content (AvgIpc) is 2.87. The molecule has 0 aliphatic heterocycles. The first-order valence-corrected chi connectivity index (χ1v) is 11.3. The summed E-state index contributed by atoms with van der Waals surface area (Å²) in [6.07, 6.45) is 3.60. The number of aromatic nitrogens is 2. The molecule has 0 bridgehead atoms. The van der Waals surface area contributed by atoms with Gasteiger partial charge in [0.25, 0.3) is 0 Å². The van der Waals surface area contributed by atoms with Crippen molar-refractivity contribution in [2.45, 2.75) is 27.7 Å². The normalized spacial score (nSPS) is 9.84. The fourth-order valence-electron chi connectivity index (χ4n) is 3.52. The largest absolute Gasteiger partial charge is 2.00 e. The topological polar surface area (TPSA) is 106 Å². The van der Waals surface area contributed by atoms with E-state index in [1.54, 1.807) is 36.7 Å². The summed E-state index contributed by atoms with van der Waals surface area (Å²) in [5.41, 5.74) is 4.40. The van der Waals surface area contributed by atoms with Crippen LogP contribution in [-0.2, 0) is 16.8 Å². The minimum atomic E-state index is -0.192. The van der Waals surface area contributed by atoms with Crippen molar-refractivity contribution < 1.29 is 36.6 Å². The van der Waals surface area contributed by atoms with Gasteiger partial charge in [0.2, 0.25) is 0 Å². The Bertz CT molecular complexity index is 1430. The molecule has 5 rings (SSSR count). The first-order chi connectivity index (χ1) is 17.2. The van der Waals surface area contributed by atoms with Gasteiger partial charge in [-0.05, 0) is 52.0 Å². The summed E-state index contributed by atoms with van der Waals surface area (Å²) in [6.45, 7) is 6.50. The van der Waals surface area contributed by atoms with Crippen molar-refractivity contribution in [1.29, 1.82) is 0 Å². The van der Waals surface area contributed by atoms with Crippen molar-refractivity contribution in [2.24, 2.45) is 0 Å². The summed E-state index contributed by atoms with van der Waals surface area (Å²) >= 11 is 0. The van der Waals surface area contributed by atoms with Crippen LogP contribution in [-0.4, -0.2) is 21.5 Å². The number of carbonyl (C=O) groups is 2. The number of benzene rings is 3. The molecule has 2 aromatic heterocycles. The summed E-state index contributed by atoms with van der Waals surface area (Å²) in [5, 5.41) is 24.3. The minimum Gasteiger partial charge on any atom is -0.872 e. The molecule has 0 amide bonds. The predicted octanol–water partition coefficient (Wildman–Crippen LogP) is 5.32. The van der Waals surface area contributed by atoms with E-state index in [0.29, 0.717) is 0 Å². The van der Waals surface area contributed by atoms with Crippen LogP contribution in [0, 0.1) is 13.8 Å². The Labute approximate surface area is 226 Å². The number of nitrogens with zero attached hydrogens (tertiary/aromatic N) is 2. The summed E-state index contributed by atoms with van der Waals surface area (Å²) in [7, 11) is 0. The van der Waals surface area contributed by atoms with Gasteiger partial charge in [0, 0.05) is 34.3 Å². The summed E-state index contributed by atoms with van der Waals surface area (Å²) in [6, 6.07) is 21.6. The molecule has 0 aliphatic carbocycles. The van der Waals surface area contributed by atoms with E-state index < -0.39 is 0 Å². The molecule has 0 atom stereocenters. The number of fused-ring (bicyclic) bond motifs is 3. The Hall–Kier alpha value is -4.07. The number of Topliss-reactive ketones (excluding diaryl/α,β-unsaturated/α-hetero) is 2. The van der Waals surface area contributed by atoms with Crippen LogP contribution < -0.4 is 10.2 Å². The second-order valence-electron chi connectivity index (χ2n) is 8.33. The molecule has 0 aliphatic rings. The third kappa shape index (κ3) is 7.70. The van der Waals surface area contributed by atoms with Crippen LogP contribution >= 0.6 is 0 Å². The Morgan fingerprint density at radius 2 is 1.00 bits per heavy atom. The fraction of sp³-hybridized carbons (Fsp3) is 0.133. The molecule has 0 N–H and O–H groups in total. The molecule has 1 radical (unpaired) electrons. The van der Waals surface area contributed by atoms with Gasteiger partial charge in [-0.2, -0.15) is 0 Å². The molecule has 0 saturated carbocycles. The molecule has 37 heavy (non-hydrogen) atoms. The van der Waals surface area contributed by atoms with Gasteiger partial charge >= 0.3 is 16.8 Å². The van der Waals surface area contributed by atoms with Crippen LogP contribution in [0.5, 0.6) is 11.5 Å². The minimum absolute atomic E-state index is 0. The van der Waals surface area contributed by atoms with Crippen molar-refractivity contribution >= 4 is 33.4 Å². The van der Waals surface area contributed by atoms with Crippen LogP contribution in [0.25, 0.3) is 21.8 Å². The predicted molar refractivity (Wildman–Crippen MR) is 138 cm³/mol. The van der Waals surface area contributed by atoms with Gasteiger partial charge in [-0.3, -0.25) is 19.6 Å². The van der Waals surface area contributed by atoms with Crippen LogP contribution in [0.3, 0.4) is 0 Å². The van der Waals surface area contributed by atoms with Crippen molar-refractivity contribution in [2.75, 3.05) is 0 Å². The van der Waals surface area contributed by atoms with E-state index in [1.165, 1.54) is 26.0 Å². The maximum Gasteiger partial charge on any atom is 2.00 e. The monoisotopic (exact) mass is 537 g/mol. The summed E-state index contributed by atoms with van der Waals surface area (Å²) in [4.78, 5) is 30.3. The van der Waals surface area contributed by atoms with Gasteiger partial charge in [0.1, 0.15) is 0 Å². The number of aryl methyl sites for hydroxylation is 2. The number of ketones is 2. The van der Waals surface area contributed by atoms with Gasteiger partial charge in [0.05, 0.1) is 11.0 Å². The van der Waals surface area contributed by atoms with E-state index in [1.807, 2.05) is 26.0 Å². The number of hydrogen-bond acceptors (Lipinski definition) is 6. The second kappa shape index (κ2) is 13.3. The molecule has 5 aromatic rings. The van der Waals surface area contributed by atoms with Crippen LogP contribution in [0.1, 0.15) is 45.7 Å². The molecule has 6 nitrogen and oxygen atoms in total. The molecule has 0 fully saturated rings. The van der Waals surface area contributed by atoms with E-state index in [-0.39, 0.29) is 51.0 Å². The van der Waals surface area contributed by atoms with Gasteiger partial charge < -0.3 is 10.2 Å². The molecular weight excluding hydrogens is 511 g/mol. The number of rotatable bonds is 2. The molecular formula is C30H26CoN2O4. The SMILES string of the molecule is CC(=O)c1cc(C)ccc1[O-].CC(=O)c1cc(C)ccc1[O-].[Co+2].c1cnc2c(c1)ccc1cccnc12. The Morgan fingerprint density at radius 3 is 1.32 bits per heavy atom. The molecule has 0 unspecified atom stereocenters. The number of hydrogen-bond donors (Lipinski definition) is 0. The van der Waals surface area contributed by atoms with Crippen molar-refractivity contribution in [3.63, 3.8) is 0 Å². The van der Waals surface area contributed by atoms with Crippen LogP contribution in [0.4, 0.5) is 0 Å². The maximum atomic E-state index is 11.0. The molecule has 3 aromatic carbocycles. The van der Waals surface area contributed by atoms with Gasteiger partial charge in [-0.25, -0.2) is 0 Å². The quantitative estimate of drug-likeness (QED) is 0.223. The van der Waals surface area contributed by atoms with Gasteiger partial charge in [-0.15, -0.1) is 0 Å². The van der Waals surface area contributed by atoms with Gasteiger partial charge in [0.15, 0.2) is 11.6 Å². The third-order valence-corrected chi connectivity index (χ3v) is 5.37. The fourth-order valence-corrected chi connectivity index (χ4v) is 3.52. The van der Waals surface area contributed by atoms with Crippen molar-refractivity contribution in [1.82, 2.24) is 9.97 Å². The first-order valence-electron chi connectivity index (χ1n) is 11.3. The van der Waals surface area contributed by atoms with E-state index in [0.717, 1.165) is 32.9 Å². The number of pyridine rings is 2. The van der Waals surface area contributed by atoms with Crippen LogP contribution in [0.2, 0.25) is 0 Å². The zero-order chi connectivity index (χ0) is 26.2. The Morgan fingerprint density at radius 1 is 0.622 bits per heavy atom. The summed E-state index contributed by atoms with van der Waals surface area (Å²) in [5.74, 6) is -0.719. The maximum absolute atomic E-state index is 11.0. The third-order valence-electron chi connectivity index (χ3n) is 5.37. The Kier molecular flexibility index (Phi) is 10.5. The zero-order valence-corrected chi connectivity index (χ0v) is 22.0. The van der Waals surface area contributed by atoms with Gasteiger partial charge in [-0.1, -0.05) is 71.2 Å². The van der Waals surface area contributed by atoms with E-state index >= 15 is 0 Å². The van der Waals surface area contributed by atoms with E-state index in [4.69, 9.17) is 0 Å². The van der Waals surface area contributed by atoms with E-state index in [2.05, 4.69) is 34.2 Å². The van der Waals surface area contributed by atoms with Crippen LogP contribution in [0.15, 0.2) is 85.2 Å². The van der Waals surface area contributed by atoms with Crippen molar-refractivity contribution in [3.8, 4) is 11.5 Å². The summed E-state index contributed by atoms with van der Waals surface area (Å²) < 4.78 is 0. The molecule has 2 heterocycles. The Balaban J connectivity index is 0.000000195. The average molecular weight is 537 g/mol. The molecule has 189 valence electrons.